The predicted molar refractivity (Wildman–Crippen MR) is 85.0 cm³/mol. The fourth-order valence-electron chi connectivity index (χ4n) is 1.77. The van der Waals surface area contributed by atoms with Gasteiger partial charge in [-0.2, -0.15) is 0 Å². The Morgan fingerprint density at radius 2 is 1.71 bits per heavy atom. The SMILES string of the molecule is NC(=O)Nc1ccc(CNC(=O)c2ccccc2Br)cc1. The summed E-state index contributed by atoms with van der Waals surface area (Å²) in [5, 5.41) is 5.31. The lowest BCUT2D eigenvalue weighted by atomic mass is 10.2. The molecule has 0 aliphatic rings. The summed E-state index contributed by atoms with van der Waals surface area (Å²) < 4.78 is 0.753. The van der Waals surface area contributed by atoms with Gasteiger partial charge in [0, 0.05) is 16.7 Å². The van der Waals surface area contributed by atoms with E-state index in [1.165, 1.54) is 0 Å². The van der Waals surface area contributed by atoms with Crippen molar-refractivity contribution >= 4 is 33.6 Å². The second-order valence-electron chi connectivity index (χ2n) is 4.35. The minimum atomic E-state index is -0.606. The third-order valence-corrected chi connectivity index (χ3v) is 3.48. The molecule has 0 saturated heterocycles. The largest absolute Gasteiger partial charge is 0.351 e. The maximum Gasteiger partial charge on any atom is 0.316 e. The van der Waals surface area contributed by atoms with E-state index in [9.17, 15) is 9.59 Å². The molecule has 5 nitrogen and oxygen atoms in total. The Morgan fingerprint density at radius 1 is 1.05 bits per heavy atom. The molecule has 0 unspecified atom stereocenters. The number of nitrogens with two attached hydrogens (primary N) is 1. The van der Waals surface area contributed by atoms with Crippen molar-refractivity contribution in [2.75, 3.05) is 5.32 Å². The third kappa shape index (κ3) is 4.32. The lowest BCUT2D eigenvalue weighted by molar-refractivity contribution is 0.0950. The number of hydrogen-bond donors (Lipinski definition) is 3. The summed E-state index contributed by atoms with van der Waals surface area (Å²) in [5.41, 5.74) is 7.15. The highest BCUT2D eigenvalue weighted by Crippen LogP contribution is 2.16. The number of amides is 3. The van der Waals surface area contributed by atoms with E-state index >= 15 is 0 Å². The highest BCUT2D eigenvalue weighted by atomic mass is 79.9. The van der Waals surface area contributed by atoms with Crippen molar-refractivity contribution in [2.24, 2.45) is 5.73 Å². The number of anilines is 1. The van der Waals surface area contributed by atoms with Gasteiger partial charge in [-0.05, 0) is 45.8 Å². The van der Waals surface area contributed by atoms with Crippen LogP contribution in [0.2, 0.25) is 0 Å². The summed E-state index contributed by atoms with van der Waals surface area (Å²) in [6, 6.07) is 13.7. The number of hydrogen-bond acceptors (Lipinski definition) is 2. The molecule has 3 amide bonds. The Morgan fingerprint density at radius 3 is 2.33 bits per heavy atom. The molecular formula is C15H14BrN3O2. The van der Waals surface area contributed by atoms with E-state index in [1.807, 2.05) is 30.3 Å². The van der Waals surface area contributed by atoms with Crippen LogP contribution in [0.15, 0.2) is 53.0 Å². The molecule has 6 heteroatoms. The van der Waals surface area contributed by atoms with E-state index in [-0.39, 0.29) is 5.91 Å². The van der Waals surface area contributed by atoms with Crippen LogP contribution in [0, 0.1) is 0 Å². The highest BCUT2D eigenvalue weighted by Gasteiger charge is 2.08. The molecule has 0 radical (unpaired) electrons. The van der Waals surface area contributed by atoms with Crippen molar-refractivity contribution in [3.63, 3.8) is 0 Å². The summed E-state index contributed by atoms with van der Waals surface area (Å²) in [6.45, 7) is 0.400. The van der Waals surface area contributed by atoms with Crippen LogP contribution >= 0.6 is 15.9 Å². The van der Waals surface area contributed by atoms with E-state index in [1.54, 1.807) is 18.2 Å². The van der Waals surface area contributed by atoms with Gasteiger partial charge in [0.2, 0.25) is 0 Å². The molecule has 0 aromatic heterocycles. The quantitative estimate of drug-likeness (QED) is 0.794. The first kappa shape index (κ1) is 15.1. The monoisotopic (exact) mass is 347 g/mol. The van der Waals surface area contributed by atoms with Gasteiger partial charge in [0.1, 0.15) is 0 Å². The topological polar surface area (TPSA) is 84.2 Å². The minimum Gasteiger partial charge on any atom is -0.351 e. The molecule has 0 aliphatic heterocycles. The van der Waals surface area contributed by atoms with Crippen LogP contribution in [0.4, 0.5) is 10.5 Å². The molecule has 2 rings (SSSR count). The first-order chi connectivity index (χ1) is 10.1. The molecule has 0 bridgehead atoms. The van der Waals surface area contributed by atoms with Crippen LogP contribution in [0.1, 0.15) is 15.9 Å². The molecule has 0 spiro atoms. The minimum absolute atomic E-state index is 0.151. The second-order valence-corrected chi connectivity index (χ2v) is 5.20. The number of urea groups is 1. The lowest BCUT2D eigenvalue weighted by Crippen LogP contribution is -2.23. The number of benzene rings is 2. The number of nitrogens with one attached hydrogen (secondary N) is 2. The van der Waals surface area contributed by atoms with Gasteiger partial charge >= 0.3 is 6.03 Å². The van der Waals surface area contributed by atoms with Crippen molar-refractivity contribution in [1.29, 1.82) is 0 Å². The Bertz CT molecular complexity index is 656. The Labute approximate surface area is 130 Å². The van der Waals surface area contributed by atoms with Crippen molar-refractivity contribution in [1.82, 2.24) is 5.32 Å². The van der Waals surface area contributed by atoms with Crippen LogP contribution in [-0.4, -0.2) is 11.9 Å². The second kappa shape index (κ2) is 6.90. The van der Waals surface area contributed by atoms with Gasteiger partial charge in [0.05, 0.1) is 5.56 Å². The zero-order valence-electron chi connectivity index (χ0n) is 11.1. The molecule has 0 saturated carbocycles. The predicted octanol–water partition coefficient (Wildman–Crippen LogP) is 2.87. The number of carbonyl (C=O) groups is 2. The third-order valence-electron chi connectivity index (χ3n) is 2.79. The Balaban J connectivity index is 1.95. The number of halogens is 1. The van der Waals surface area contributed by atoms with Crippen molar-refractivity contribution in [2.45, 2.75) is 6.54 Å². The summed E-state index contributed by atoms with van der Waals surface area (Å²) >= 11 is 3.34. The van der Waals surface area contributed by atoms with Crippen molar-refractivity contribution in [3.05, 3.63) is 64.1 Å². The molecule has 0 fully saturated rings. The molecule has 2 aromatic rings. The first-order valence-electron chi connectivity index (χ1n) is 6.24. The lowest BCUT2D eigenvalue weighted by Gasteiger charge is -2.08. The summed E-state index contributed by atoms with van der Waals surface area (Å²) in [6.07, 6.45) is 0. The van der Waals surface area contributed by atoms with Crippen molar-refractivity contribution in [3.8, 4) is 0 Å². The van der Waals surface area contributed by atoms with E-state index in [4.69, 9.17) is 5.73 Å². The first-order valence-corrected chi connectivity index (χ1v) is 7.03. The molecule has 0 heterocycles. The van der Waals surface area contributed by atoms with Gasteiger partial charge in [0.25, 0.3) is 5.91 Å². The van der Waals surface area contributed by atoms with Crippen LogP contribution in [0.3, 0.4) is 0 Å². The summed E-state index contributed by atoms with van der Waals surface area (Å²) in [5.74, 6) is -0.151. The van der Waals surface area contributed by atoms with Gasteiger partial charge in [-0.3, -0.25) is 4.79 Å². The average Bonchev–Trinajstić information content (AvgIpc) is 2.46. The van der Waals surface area contributed by atoms with Gasteiger partial charge in [0.15, 0.2) is 0 Å². The summed E-state index contributed by atoms with van der Waals surface area (Å²) in [4.78, 5) is 22.7. The average molecular weight is 348 g/mol. The van der Waals surface area contributed by atoms with Crippen LogP contribution < -0.4 is 16.4 Å². The molecule has 0 aliphatic carbocycles. The molecule has 0 atom stereocenters. The van der Waals surface area contributed by atoms with Gasteiger partial charge in [-0.1, -0.05) is 24.3 Å². The molecule has 2 aromatic carbocycles. The van der Waals surface area contributed by atoms with Crippen LogP contribution in [0.25, 0.3) is 0 Å². The maximum absolute atomic E-state index is 12.0. The zero-order chi connectivity index (χ0) is 15.2. The van der Waals surface area contributed by atoms with Gasteiger partial charge in [-0.25, -0.2) is 4.79 Å². The normalized spacial score (nSPS) is 9.95. The number of carbonyl (C=O) groups excluding carboxylic acids is 2. The fourth-order valence-corrected chi connectivity index (χ4v) is 2.24. The van der Waals surface area contributed by atoms with Gasteiger partial charge < -0.3 is 16.4 Å². The highest BCUT2D eigenvalue weighted by molar-refractivity contribution is 9.10. The molecule has 108 valence electrons. The summed E-state index contributed by atoms with van der Waals surface area (Å²) in [7, 11) is 0. The zero-order valence-corrected chi connectivity index (χ0v) is 12.7. The standard InChI is InChI=1S/C15H14BrN3O2/c16-13-4-2-1-3-12(13)14(20)18-9-10-5-7-11(8-6-10)19-15(17)21/h1-8H,9H2,(H,18,20)(H3,17,19,21). The maximum atomic E-state index is 12.0. The van der Waals surface area contributed by atoms with E-state index in [0.717, 1.165) is 10.0 Å². The molecule has 21 heavy (non-hydrogen) atoms. The molecule has 4 N–H and O–H groups in total. The van der Waals surface area contributed by atoms with E-state index < -0.39 is 6.03 Å². The van der Waals surface area contributed by atoms with E-state index in [2.05, 4.69) is 26.6 Å². The molecular weight excluding hydrogens is 334 g/mol. The van der Waals surface area contributed by atoms with Crippen molar-refractivity contribution < 1.29 is 9.59 Å². The van der Waals surface area contributed by atoms with Gasteiger partial charge in [-0.15, -0.1) is 0 Å². The number of rotatable bonds is 4. The fraction of sp³-hybridized carbons (Fsp3) is 0.0667. The van der Waals surface area contributed by atoms with E-state index in [0.29, 0.717) is 17.8 Å². The number of primary amides is 1. The van der Waals surface area contributed by atoms with Crippen LogP contribution in [-0.2, 0) is 6.54 Å². The van der Waals surface area contributed by atoms with Crippen LogP contribution in [0.5, 0.6) is 0 Å². The smallest absolute Gasteiger partial charge is 0.316 e. The Hall–Kier alpha value is -2.34. The Kier molecular flexibility index (Phi) is 4.94.